The quantitative estimate of drug-likeness (QED) is 0.780. The van der Waals surface area contributed by atoms with Crippen LogP contribution in [0.15, 0.2) is 12.1 Å². The zero-order chi connectivity index (χ0) is 9.97. The molecule has 4 heteroatoms. The van der Waals surface area contributed by atoms with Crippen LogP contribution < -0.4 is 0 Å². The number of unbranched alkanes of at least 4 members (excludes halogenated alkanes) is 1. The minimum absolute atomic E-state index is 0.268. The fourth-order valence-corrected chi connectivity index (χ4v) is 1.51. The zero-order valence-corrected chi connectivity index (χ0v) is 8.12. The summed E-state index contributed by atoms with van der Waals surface area (Å²) >= 11 is 0. The first-order chi connectivity index (χ1) is 6.83. The number of aromatic hydroxyl groups is 1. The Morgan fingerprint density at radius 2 is 2.29 bits per heavy atom. The maximum Gasteiger partial charge on any atom is 0.154 e. The Kier molecular flexibility index (Phi) is 2.35. The van der Waals surface area contributed by atoms with Gasteiger partial charge in [-0.2, -0.15) is 0 Å². The van der Waals surface area contributed by atoms with Crippen LogP contribution in [-0.4, -0.2) is 20.5 Å². The normalized spacial score (nSPS) is 10.9. The predicted octanol–water partition coefficient (Wildman–Crippen LogP) is 2.01. The Morgan fingerprint density at radius 1 is 1.43 bits per heavy atom. The molecule has 0 aliphatic heterocycles. The molecular formula is C10H13N3O. The molecule has 14 heavy (non-hydrogen) atoms. The molecule has 2 rings (SSSR count). The highest BCUT2D eigenvalue weighted by Gasteiger charge is 2.08. The van der Waals surface area contributed by atoms with Gasteiger partial charge in [0.05, 0.1) is 5.52 Å². The van der Waals surface area contributed by atoms with Gasteiger partial charge in [0, 0.05) is 0 Å². The van der Waals surface area contributed by atoms with E-state index < -0.39 is 0 Å². The van der Waals surface area contributed by atoms with Crippen molar-refractivity contribution < 1.29 is 5.11 Å². The van der Waals surface area contributed by atoms with Gasteiger partial charge in [0.25, 0.3) is 0 Å². The summed E-state index contributed by atoms with van der Waals surface area (Å²) in [4.78, 5) is 0. The first-order valence-corrected chi connectivity index (χ1v) is 4.84. The third-order valence-electron chi connectivity index (χ3n) is 2.35. The molecule has 1 aromatic heterocycles. The summed E-state index contributed by atoms with van der Waals surface area (Å²) < 4.78 is 0. The van der Waals surface area contributed by atoms with E-state index in [1.54, 1.807) is 0 Å². The number of fused-ring (bicyclic) bond motifs is 1. The molecule has 0 unspecified atom stereocenters. The molecule has 0 spiro atoms. The van der Waals surface area contributed by atoms with Crippen LogP contribution in [0, 0.1) is 0 Å². The molecular weight excluding hydrogens is 178 g/mol. The molecule has 74 valence electrons. The summed E-state index contributed by atoms with van der Waals surface area (Å²) in [6, 6.07) is 3.83. The van der Waals surface area contributed by atoms with Gasteiger partial charge in [-0.1, -0.05) is 24.6 Å². The summed E-state index contributed by atoms with van der Waals surface area (Å²) in [5.41, 5.74) is 2.30. The lowest BCUT2D eigenvalue weighted by Crippen LogP contribution is -1.86. The van der Waals surface area contributed by atoms with Crippen molar-refractivity contribution in [3.05, 3.63) is 17.7 Å². The zero-order valence-electron chi connectivity index (χ0n) is 8.12. The molecule has 0 aliphatic rings. The predicted molar refractivity (Wildman–Crippen MR) is 54.2 cm³/mol. The number of aromatic amines is 1. The second kappa shape index (κ2) is 3.65. The van der Waals surface area contributed by atoms with Gasteiger partial charge < -0.3 is 5.11 Å². The van der Waals surface area contributed by atoms with Crippen LogP contribution in [0.4, 0.5) is 0 Å². The van der Waals surface area contributed by atoms with Crippen LogP contribution in [-0.2, 0) is 6.42 Å². The highest BCUT2D eigenvalue weighted by molar-refractivity contribution is 5.81. The molecule has 1 heterocycles. The van der Waals surface area contributed by atoms with E-state index in [9.17, 15) is 5.11 Å². The van der Waals surface area contributed by atoms with E-state index >= 15 is 0 Å². The molecule has 1 aromatic carbocycles. The number of benzene rings is 1. The van der Waals surface area contributed by atoms with Crippen LogP contribution in [0.5, 0.6) is 5.75 Å². The second-order valence-electron chi connectivity index (χ2n) is 3.38. The van der Waals surface area contributed by atoms with E-state index in [1.807, 2.05) is 12.1 Å². The van der Waals surface area contributed by atoms with Crippen molar-refractivity contribution in [1.82, 2.24) is 15.4 Å². The van der Waals surface area contributed by atoms with Crippen molar-refractivity contribution in [2.45, 2.75) is 26.2 Å². The smallest absolute Gasteiger partial charge is 0.154 e. The van der Waals surface area contributed by atoms with Crippen LogP contribution in [0.2, 0.25) is 0 Å². The number of phenols is 1. The molecule has 0 atom stereocenters. The van der Waals surface area contributed by atoms with Crippen molar-refractivity contribution in [3.8, 4) is 5.75 Å². The lowest BCUT2D eigenvalue weighted by Gasteiger charge is -2.02. The molecule has 0 bridgehead atoms. The van der Waals surface area contributed by atoms with Crippen molar-refractivity contribution in [2.24, 2.45) is 0 Å². The maximum absolute atomic E-state index is 9.84. The van der Waals surface area contributed by atoms with Crippen molar-refractivity contribution in [3.63, 3.8) is 0 Å². The van der Waals surface area contributed by atoms with Gasteiger partial charge in [-0.3, -0.25) is 5.10 Å². The lowest BCUT2D eigenvalue weighted by molar-refractivity contribution is 0.472. The molecule has 0 saturated carbocycles. The molecule has 2 aromatic rings. The Balaban J connectivity index is 2.40. The monoisotopic (exact) mass is 191 g/mol. The van der Waals surface area contributed by atoms with Gasteiger partial charge in [-0.15, -0.1) is 5.10 Å². The topological polar surface area (TPSA) is 61.8 Å². The largest absolute Gasteiger partial charge is 0.505 e. The van der Waals surface area contributed by atoms with Gasteiger partial charge in [-0.05, 0) is 24.5 Å². The number of hydrogen-bond acceptors (Lipinski definition) is 3. The van der Waals surface area contributed by atoms with Crippen LogP contribution in [0.3, 0.4) is 0 Å². The average molecular weight is 191 g/mol. The highest BCUT2D eigenvalue weighted by Crippen LogP contribution is 2.26. The average Bonchev–Trinajstić information content (AvgIpc) is 2.66. The highest BCUT2D eigenvalue weighted by atomic mass is 16.3. The Bertz CT molecular complexity index is 436. The van der Waals surface area contributed by atoms with Crippen LogP contribution in [0.1, 0.15) is 25.3 Å². The summed E-state index contributed by atoms with van der Waals surface area (Å²) in [6.45, 7) is 2.13. The van der Waals surface area contributed by atoms with Crippen molar-refractivity contribution in [1.29, 1.82) is 0 Å². The summed E-state index contributed by atoms with van der Waals surface area (Å²) in [5.74, 6) is 0.268. The fraction of sp³-hybridized carbons (Fsp3) is 0.400. The third-order valence-corrected chi connectivity index (χ3v) is 2.35. The molecule has 2 N–H and O–H groups in total. The summed E-state index contributed by atoms with van der Waals surface area (Å²) in [7, 11) is 0. The standard InChI is InChI=1S/C10H13N3O/c1-2-3-4-7-5-6-8-9(10(7)14)12-13-11-8/h5-6,14H,2-4H2,1H3,(H,11,12,13). The number of nitrogens with zero attached hydrogens (tertiary/aromatic N) is 2. The van der Waals surface area contributed by atoms with E-state index in [2.05, 4.69) is 22.3 Å². The Labute approximate surface area is 82.0 Å². The molecule has 0 fully saturated rings. The van der Waals surface area contributed by atoms with E-state index in [4.69, 9.17) is 0 Å². The number of H-pyrrole nitrogens is 1. The number of rotatable bonds is 3. The number of aromatic nitrogens is 3. The van der Waals surface area contributed by atoms with Crippen molar-refractivity contribution in [2.75, 3.05) is 0 Å². The van der Waals surface area contributed by atoms with Crippen LogP contribution in [0.25, 0.3) is 11.0 Å². The first kappa shape index (κ1) is 8.99. The number of aryl methyl sites for hydroxylation is 1. The Morgan fingerprint density at radius 3 is 3.07 bits per heavy atom. The van der Waals surface area contributed by atoms with Crippen LogP contribution >= 0.6 is 0 Å². The number of nitrogens with one attached hydrogen (secondary N) is 1. The molecule has 4 nitrogen and oxygen atoms in total. The number of hydrogen-bond donors (Lipinski definition) is 2. The van der Waals surface area contributed by atoms with Gasteiger partial charge in [0.15, 0.2) is 5.52 Å². The molecule has 0 aliphatic carbocycles. The first-order valence-electron chi connectivity index (χ1n) is 4.84. The number of phenolic OH excluding ortho intramolecular Hbond substituents is 1. The molecule has 0 radical (unpaired) electrons. The summed E-state index contributed by atoms with van der Waals surface area (Å²) in [6.07, 6.45) is 3.10. The molecule has 0 amide bonds. The van der Waals surface area contributed by atoms with E-state index in [0.29, 0.717) is 5.52 Å². The third kappa shape index (κ3) is 1.43. The van der Waals surface area contributed by atoms with Crippen molar-refractivity contribution >= 4 is 11.0 Å². The fourth-order valence-electron chi connectivity index (χ4n) is 1.51. The maximum atomic E-state index is 9.84. The minimum atomic E-state index is 0.268. The van der Waals surface area contributed by atoms with E-state index in [-0.39, 0.29) is 5.75 Å². The van der Waals surface area contributed by atoms with Gasteiger partial charge in [0.2, 0.25) is 0 Å². The van der Waals surface area contributed by atoms with Gasteiger partial charge in [-0.25, -0.2) is 0 Å². The lowest BCUT2D eigenvalue weighted by atomic mass is 10.1. The van der Waals surface area contributed by atoms with E-state index in [0.717, 1.165) is 30.3 Å². The second-order valence-corrected chi connectivity index (χ2v) is 3.38. The Hall–Kier alpha value is -1.58. The summed E-state index contributed by atoms with van der Waals surface area (Å²) in [5, 5.41) is 20.0. The SMILES string of the molecule is CCCCc1ccc2[nH]nnc2c1O. The van der Waals surface area contributed by atoms with Gasteiger partial charge >= 0.3 is 0 Å². The minimum Gasteiger partial charge on any atom is -0.505 e. The molecule has 0 saturated heterocycles. The van der Waals surface area contributed by atoms with Gasteiger partial charge in [0.1, 0.15) is 5.75 Å². The van der Waals surface area contributed by atoms with E-state index in [1.165, 1.54) is 0 Å².